The fourth-order valence-electron chi connectivity index (χ4n) is 2.29. The Labute approximate surface area is 108 Å². The van der Waals surface area contributed by atoms with E-state index >= 15 is 0 Å². The number of likely N-dealkylation sites (tertiary alicyclic amines) is 1. The van der Waals surface area contributed by atoms with Gasteiger partial charge in [-0.05, 0) is 38.1 Å². The zero-order chi connectivity index (χ0) is 12.8. The molecule has 0 aliphatic carbocycles. The van der Waals surface area contributed by atoms with Crippen molar-refractivity contribution in [3.8, 4) is 6.07 Å². The van der Waals surface area contributed by atoms with Crippen LogP contribution in [0.3, 0.4) is 0 Å². The van der Waals surface area contributed by atoms with Gasteiger partial charge in [-0.1, -0.05) is 12.1 Å². The molecule has 0 bridgehead atoms. The Morgan fingerprint density at radius 1 is 1.33 bits per heavy atom. The van der Waals surface area contributed by atoms with Crippen LogP contribution in [0.2, 0.25) is 0 Å². The Morgan fingerprint density at radius 3 is 2.78 bits per heavy atom. The molecule has 1 unspecified atom stereocenters. The molecule has 1 aromatic carbocycles. The van der Waals surface area contributed by atoms with Crippen LogP contribution in [0.1, 0.15) is 18.4 Å². The van der Waals surface area contributed by atoms with E-state index < -0.39 is 6.10 Å². The van der Waals surface area contributed by atoms with Gasteiger partial charge >= 0.3 is 0 Å². The van der Waals surface area contributed by atoms with E-state index in [4.69, 9.17) is 5.26 Å². The molecule has 1 heterocycles. The lowest BCUT2D eigenvalue weighted by atomic mass is 10.2. The molecule has 1 aliphatic heterocycles. The fourth-order valence-corrected chi connectivity index (χ4v) is 2.29. The van der Waals surface area contributed by atoms with Gasteiger partial charge in [-0.3, -0.25) is 0 Å². The highest BCUT2D eigenvalue weighted by Crippen LogP contribution is 2.13. The third-order valence-electron chi connectivity index (χ3n) is 3.24. The molecule has 1 atom stereocenters. The number of β-amino-alcohol motifs (C(OH)–C–C–N with tert-alkyl or cyclic N) is 1. The predicted octanol–water partition coefficient (Wildman–Crippen LogP) is 1.43. The average molecular weight is 245 g/mol. The van der Waals surface area contributed by atoms with Crippen LogP contribution >= 0.6 is 0 Å². The first-order valence-corrected chi connectivity index (χ1v) is 6.43. The van der Waals surface area contributed by atoms with Crippen molar-refractivity contribution >= 4 is 5.69 Å². The number of nitrogens with one attached hydrogen (secondary N) is 1. The smallest absolute Gasteiger partial charge is 0.101 e. The maximum absolute atomic E-state index is 9.95. The van der Waals surface area contributed by atoms with Crippen LogP contribution in [0.4, 0.5) is 5.69 Å². The third kappa shape index (κ3) is 3.46. The van der Waals surface area contributed by atoms with Gasteiger partial charge in [-0.2, -0.15) is 5.26 Å². The van der Waals surface area contributed by atoms with Crippen LogP contribution in [0, 0.1) is 11.3 Å². The third-order valence-corrected chi connectivity index (χ3v) is 3.24. The van der Waals surface area contributed by atoms with Crippen molar-refractivity contribution < 1.29 is 5.11 Å². The van der Waals surface area contributed by atoms with Gasteiger partial charge in [0.2, 0.25) is 0 Å². The molecule has 1 fully saturated rings. The van der Waals surface area contributed by atoms with Gasteiger partial charge in [-0.25, -0.2) is 0 Å². The molecule has 1 aliphatic rings. The van der Waals surface area contributed by atoms with Crippen molar-refractivity contribution in [2.45, 2.75) is 18.9 Å². The van der Waals surface area contributed by atoms with Crippen LogP contribution in [-0.4, -0.2) is 42.3 Å². The summed E-state index contributed by atoms with van der Waals surface area (Å²) < 4.78 is 0. The van der Waals surface area contributed by atoms with Crippen LogP contribution in [-0.2, 0) is 0 Å². The Bertz CT molecular complexity index is 421. The van der Waals surface area contributed by atoms with Gasteiger partial charge in [0.1, 0.15) is 6.07 Å². The maximum Gasteiger partial charge on any atom is 0.101 e. The summed E-state index contributed by atoms with van der Waals surface area (Å²) in [5.74, 6) is 0. The minimum absolute atomic E-state index is 0.394. The first-order valence-electron chi connectivity index (χ1n) is 6.43. The van der Waals surface area contributed by atoms with Gasteiger partial charge in [0.05, 0.1) is 17.4 Å². The molecule has 1 aromatic rings. The average Bonchev–Trinajstić information content (AvgIpc) is 2.89. The van der Waals surface area contributed by atoms with E-state index in [2.05, 4.69) is 16.3 Å². The summed E-state index contributed by atoms with van der Waals surface area (Å²) in [5.41, 5.74) is 1.41. The Kier molecular flexibility index (Phi) is 4.57. The van der Waals surface area contributed by atoms with E-state index in [0.29, 0.717) is 18.7 Å². The summed E-state index contributed by atoms with van der Waals surface area (Å²) in [5, 5.41) is 22.0. The van der Waals surface area contributed by atoms with Crippen molar-refractivity contribution in [2.24, 2.45) is 0 Å². The van der Waals surface area contributed by atoms with Crippen molar-refractivity contribution in [1.29, 1.82) is 5.26 Å². The summed E-state index contributed by atoms with van der Waals surface area (Å²) in [7, 11) is 0. The molecule has 4 nitrogen and oxygen atoms in total. The van der Waals surface area contributed by atoms with Crippen LogP contribution in [0.25, 0.3) is 0 Å². The molecule has 2 rings (SSSR count). The lowest BCUT2D eigenvalue weighted by molar-refractivity contribution is 0.135. The van der Waals surface area contributed by atoms with Crippen LogP contribution in [0.15, 0.2) is 24.3 Å². The molecule has 2 N–H and O–H groups in total. The number of nitrogens with zero attached hydrogens (tertiary/aromatic N) is 2. The normalized spacial score (nSPS) is 17.3. The van der Waals surface area contributed by atoms with Gasteiger partial charge < -0.3 is 15.3 Å². The number of anilines is 1. The standard InChI is InChI=1S/C14H19N3O/c15-9-12-5-1-2-6-14(12)16-10-13(18)11-17-7-3-4-8-17/h1-2,5-6,13,16,18H,3-4,7-8,10-11H2. The second-order valence-electron chi connectivity index (χ2n) is 4.70. The maximum atomic E-state index is 9.95. The highest BCUT2D eigenvalue weighted by Gasteiger charge is 2.15. The van der Waals surface area contributed by atoms with Gasteiger partial charge in [-0.15, -0.1) is 0 Å². The summed E-state index contributed by atoms with van der Waals surface area (Å²) in [4.78, 5) is 2.28. The number of para-hydroxylation sites is 1. The zero-order valence-electron chi connectivity index (χ0n) is 10.5. The number of rotatable bonds is 5. The van der Waals surface area contributed by atoms with Crippen LogP contribution in [0.5, 0.6) is 0 Å². The van der Waals surface area contributed by atoms with Gasteiger partial charge in [0.15, 0.2) is 0 Å². The minimum Gasteiger partial charge on any atom is -0.390 e. The molecular formula is C14H19N3O. The molecule has 0 radical (unpaired) electrons. The monoisotopic (exact) mass is 245 g/mol. The van der Waals surface area contributed by atoms with Crippen molar-refractivity contribution in [3.63, 3.8) is 0 Å². The lowest BCUT2D eigenvalue weighted by Gasteiger charge is -2.20. The van der Waals surface area contributed by atoms with E-state index in [1.54, 1.807) is 6.07 Å². The summed E-state index contributed by atoms with van der Waals surface area (Å²) in [6.07, 6.45) is 2.07. The Hall–Kier alpha value is -1.57. The molecule has 0 amide bonds. The molecule has 0 spiro atoms. The molecule has 1 saturated heterocycles. The van der Waals surface area contributed by atoms with Gasteiger partial charge in [0.25, 0.3) is 0 Å². The number of aliphatic hydroxyl groups excluding tert-OH is 1. The fraction of sp³-hybridized carbons (Fsp3) is 0.500. The SMILES string of the molecule is N#Cc1ccccc1NCC(O)CN1CCCC1. The topological polar surface area (TPSA) is 59.3 Å². The van der Waals surface area contributed by atoms with E-state index in [1.165, 1.54) is 12.8 Å². The van der Waals surface area contributed by atoms with Crippen molar-refractivity contribution in [1.82, 2.24) is 4.90 Å². The van der Waals surface area contributed by atoms with E-state index in [-0.39, 0.29) is 0 Å². The molecule has 0 saturated carbocycles. The van der Waals surface area contributed by atoms with E-state index in [0.717, 1.165) is 18.8 Å². The number of hydrogen-bond donors (Lipinski definition) is 2. The minimum atomic E-state index is -0.394. The number of hydrogen-bond acceptors (Lipinski definition) is 4. The van der Waals surface area contributed by atoms with Crippen LogP contribution < -0.4 is 5.32 Å². The molecule has 4 heteroatoms. The second-order valence-corrected chi connectivity index (χ2v) is 4.70. The Morgan fingerprint density at radius 2 is 2.06 bits per heavy atom. The summed E-state index contributed by atoms with van der Waals surface area (Å²) in [6.45, 7) is 3.37. The number of nitriles is 1. The quantitative estimate of drug-likeness (QED) is 0.824. The zero-order valence-corrected chi connectivity index (χ0v) is 10.5. The van der Waals surface area contributed by atoms with E-state index in [9.17, 15) is 5.11 Å². The summed E-state index contributed by atoms with van der Waals surface area (Å²) in [6, 6.07) is 9.50. The van der Waals surface area contributed by atoms with Gasteiger partial charge in [0, 0.05) is 13.1 Å². The molecule has 0 aromatic heterocycles. The van der Waals surface area contributed by atoms with E-state index in [1.807, 2.05) is 18.2 Å². The lowest BCUT2D eigenvalue weighted by Crippen LogP contribution is -2.34. The number of aliphatic hydroxyl groups is 1. The second kappa shape index (κ2) is 6.39. The largest absolute Gasteiger partial charge is 0.390 e. The molecular weight excluding hydrogens is 226 g/mol. The van der Waals surface area contributed by atoms with Crippen molar-refractivity contribution in [3.05, 3.63) is 29.8 Å². The molecule has 18 heavy (non-hydrogen) atoms. The highest BCUT2D eigenvalue weighted by atomic mass is 16.3. The first-order chi connectivity index (χ1) is 8.79. The number of benzene rings is 1. The highest BCUT2D eigenvalue weighted by molar-refractivity contribution is 5.57. The Balaban J connectivity index is 1.81. The van der Waals surface area contributed by atoms with Crippen molar-refractivity contribution in [2.75, 3.05) is 31.5 Å². The molecule has 96 valence electrons. The summed E-state index contributed by atoms with van der Waals surface area (Å²) >= 11 is 0. The predicted molar refractivity (Wildman–Crippen MR) is 71.3 cm³/mol. The first kappa shape index (κ1) is 12.9.